The highest BCUT2D eigenvalue weighted by Crippen LogP contribution is 2.06. The Bertz CT molecular complexity index is 93.7. The third-order valence-corrected chi connectivity index (χ3v) is 1.10. The van der Waals surface area contributed by atoms with Crippen LogP contribution in [0.1, 0.15) is 12.8 Å². The van der Waals surface area contributed by atoms with Crippen LogP contribution in [-0.4, -0.2) is 13.3 Å². The van der Waals surface area contributed by atoms with Crippen LogP contribution in [-0.2, 0) is 0 Å². The van der Waals surface area contributed by atoms with Gasteiger partial charge in [0.15, 0.2) is 0 Å². The predicted molar refractivity (Wildman–Crippen MR) is 30.3 cm³/mol. The maximum atomic E-state index is 11.6. The van der Waals surface area contributed by atoms with Gasteiger partial charge in [-0.25, -0.2) is 0 Å². The molecule has 0 unspecified atom stereocenters. The minimum atomic E-state index is -0.655. The molecule has 0 radical (unpaired) electrons. The lowest BCUT2D eigenvalue weighted by Crippen LogP contribution is -2.04. The summed E-state index contributed by atoms with van der Waals surface area (Å²) in [5.41, 5.74) is 0. The van der Waals surface area contributed by atoms with E-state index in [0.29, 0.717) is 6.42 Å². The molecule has 0 aliphatic rings. The molecule has 0 rings (SSSR count). The van der Waals surface area contributed by atoms with E-state index in [1.165, 1.54) is 0 Å². The quantitative estimate of drug-likeness (QED) is 0.574. The molecule has 0 fully saturated rings. The van der Waals surface area contributed by atoms with Crippen molar-refractivity contribution in [2.24, 2.45) is 5.92 Å². The summed E-state index contributed by atoms with van der Waals surface area (Å²) in [4.78, 5) is 0. The number of nitrogens with zero attached hydrogens (tertiary/aromatic N) is 1. The highest BCUT2D eigenvalue weighted by molar-refractivity contribution is 4.71. The fourth-order valence-corrected chi connectivity index (χ4v) is 0.464. The SMILES string of the molecule is N#CCCC(CF)CF. The Morgan fingerprint density at radius 1 is 1.33 bits per heavy atom. The Kier molecular flexibility index (Phi) is 5.09. The molecule has 0 N–H and O–H groups in total. The summed E-state index contributed by atoms with van der Waals surface area (Å²) in [5, 5.41) is 8.01. The third kappa shape index (κ3) is 3.89. The summed E-state index contributed by atoms with van der Waals surface area (Å²) in [6.07, 6.45) is 0.585. The largest absolute Gasteiger partial charge is 0.251 e. The number of rotatable bonds is 4. The molecule has 0 heterocycles. The van der Waals surface area contributed by atoms with Crippen molar-refractivity contribution in [2.45, 2.75) is 12.8 Å². The second-order valence-electron chi connectivity index (χ2n) is 1.87. The lowest BCUT2D eigenvalue weighted by atomic mass is 10.1. The van der Waals surface area contributed by atoms with Crippen LogP contribution >= 0.6 is 0 Å². The average molecular weight is 133 g/mol. The van der Waals surface area contributed by atoms with Crippen LogP contribution in [0.5, 0.6) is 0 Å². The number of alkyl halides is 2. The summed E-state index contributed by atoms with van der Waals surface area (Å²) in [5.74, 6) is -0.551. The Morgan fingerprint density at radius 3 is 2.22 bits per heavy atom. The van der Waals surface area contributed by atoms with E-state index in [2.05, 4.69) is 0 Å². The fraction of sp³-hybridized carbons (Fsp3) is 0.833. The van der Waals surface area contributed by atoms with Crippen LogP contribution in [0, 0.1) is 17.2 Å². The molecule has 0 aromatic carbocycles. The van der Waals surface area contributed by atoms with E-state index in [1.54, 1.807) is 0 Å². The van der Waals surface area contributed by atoms with E-state index in [4.69, 9.17) is 5.26 Å². The van der Waals surface area contributed by atoms with Gasteiger partial charge >= 0.3 is 0 Å². The molecule has 0 aromatic rings. The van der Waals surface area contributed by atoms with Gasteiger partial charge in [-0.1, -0.05) is 0 Å². The number of hydrogen-bond donors (Lipinski definition) is 0. The van der Waals surface area contributed by atoms with E-state index in [-0.39, 0.29) is 6.42 Å². The summed E-state index contributed by atoms with van der Waals surface area (Å²) in [7, 11) is 0. The highest BCUT2D eigenvalue weighted by atomic mass is 19.1. The molecule has 0 amide bonds. The molecule has 52 valence electrons. The third-order valence-electron chi connectivity index (χ3n) is 1.10. The van der Waals surface area contributed by atoms with Crippen LogP contribution < -0.4 is 0 Å². The molecule has 0 aromatic heterocycles. The molecular formula is C6H9F2N. The first-order valence-electron chi connectivity index (χ1n) is 2.84. The van der Waals surface area contributed by atoms with Crippen molar-refractivity contribution >= 4 is 0 Å². The van der Waals surface area contributed by atoms with Gasteiger partial charge in [0.25, 0.3) is 0 Å². The van der Waals surface area contributed by atoms with E-state index in [1.807, 2.05) is 6.07 Å². The average Bonchev–Trinajstić information content (AvgIpc) is 1.91. The fourth-order valence-electron chi connectivity index (χ4n) is 0.464. The van der Waals surface area contributed by atoms with Gasteiger partial charge in [0.05, 0.1) is 19.4 Å². The highest BCUT2D eigenvalue weighted by Gasteiger charge is 2.05. The number of hydrogen-bond acceptors (Lipinski definition) is 1. The second kappa shape index (κ2) is 5.49. The van der Waals surface area contributed by atoms with Gasteiger partial charge < -0.3 is 0 Å². The first-order valence-corrected chi connectivity index (χ1v) is 2.84. The molecular weight excluding hydrogens is 124 g/mol. The lowest BCUT2D eigenvalue weighted by Gasteiger charge is -2.02. The molecule has 0 aliphatic carbocycles. The summed E-state index contributed by atoms with van der Waals surface area (Å²) < 4.78 is 23.3. The molecule has 0 spiro atoms. The van der Waals surface area contributed by atoms with E-state index in [9.17, 15) is 8.78 Å². The zero-order chi connectivity index (χ0) is 7.11. The Morgan fingerprint density at radius 2 is 1.89 bits per heavy atom. The van der Waals surface area contributed by atoms with Crippen molar-refractivity contribution in [3.63, 3.8) is 0 Å². The van der Waals surface area contributed by atoms with Crippen LogP contribution in [0.4, 0.5) is 8.78 Å². The van der Waals surface area contributed by atoms with Crippen molar-refractivity contribution in [3.05, 3.63) is 0 Å². The number of halogens is 2. The van der Waals surface area contributed by atoms with Gasteiger partial charge in [-0.3, -0.25) is 8.78 Å². The molecule has 0 saturated heterocycles. The van der Waals surface area contributed by atoms with Crippen molar-refractivity contribution in [3.8, 4) is 6.07 Å². The van der Waals surface area contributed by atoms with Crippen LogP contribution in [0.2, 0.25) is 0 Å². The first kappa shape index (κ1) is 8.35. The van der Waals surface area contributed by atoms with E-state index < -0.39 is 19.3 Å². The molecule has 9 heavy (non-hydrogen) atoms. The Hall–Kier alpha value is -0.650. The van der Waals surface area contributed by atoms with Crippen LogP contribution in [0.3, 0.4) is 0 Å². The van der Waals surface area contributed by atoms with E-state index in [0.717, 1.165) is 0 Å². The molecule has 0 saturated carbocycles. The monoisotopic (exact) mass is 133 g/mol. The molecule has 0 aliphatic heterocycles. The lowest BCUT2D eigenvalue weighted by molar-refractivity contribution is 0.278. The van der Waals surface area contributed by atoms with Gasteiger partial charge in [0.2, 0.25) is 0 Å². The van der Waals surface area contributed by atoms with Gasteiger partial charge in [0, 0.05) is 12.3 Å². The summed E-state index contributed by atoms with van der Waals surface area (Å²) >= 11 is 0. The van der Waals surface area contributed by atoms with Gasteiger partial charge in [-0.2, -0.15) is 5.26 Å². The van der Waals surface area contributed by atoms with Gasteiger partial charge in [-0.05, 0) is 6.42 Å². The van der Waals surface area contributed by atoms with Crippen molar-refractivity contribution in [1.82, 2.24) is 0 Å². The molecule has 3 heteroatoms. The van der Waals surface area contributed by atoms with E-state index >= 15 is 0 Å². The molecule has 1 nitrogen and oxygen atoms in total. The van der Waals surface area contributed by atoms with Crippen molar-refractivity contribution in [1.29, 1.82) is 5.26 Å². The minimum Gasteiger partial charge on any atom is -0.251 e. The summed E-state index contributed by atoms with van der Waals surface area (Å²) in [6, 6.07) is 1.83. The van der Waals surface area contributed by atoms with Gasteiger partial charge in [-0.15, -0.1) is 0 Å². The first-order chi connectivity index (χ1) is 4.35. The normalized spacial score (nSPS) is 9.56. The predicted octanol–water partition coefficient (Wildman–Crippen LogP) is 1.85. The zero-order valence-corrected chi connectivity index (χ0v) is 5.11. The van der Waals surface area contributed by atoms with Crippen molar-refractivity contribution in [2.75, 3.05) is 13.3 Å². The maximum Gasteiger partial charge on any atom is 0.0947 e. The van der Waals surface area contributed by atoms with Gasteiger partial charge in [0.1, 0.15) is 0 Å². The maximum absolute atomic E-state index is 11.6. The smallest absolute Gasteiger partial charge is 0.0947 e. The Labute approximate surface area is 53.3 Å². The van der Waals surface area contributed by atoms with Crippen molar-refractivity contribution < 1.29 is 8.78 Å². The molecule has 0 atom stereocenters. The second-order valence-corrected chi connectivity index (χ2v) is 1.87. The zero-order valence-electron chi connectivity index (χ0n) is 5.11. The minimum absolute atomic E-state index is 0.249. The Balaban J connectivity index is 3.22. The summed E-state index contributed by atoms with van der Waals surface area (Å²) in [6.45, 7) is -1.31. The number of nitriles is 1. The van der Waals surface area contributed by atoms with Crippen LogP contribution in [0.15, 0.2) is 0 Å². The van der Waals surface area contributed by atoms with Crippen LogP contribution in [0.25, 0.3) is 0 Å². The topological polar surface area (TPSA) is 23.8 Å². The standard InChI is InChI=1S/C6H9F2N/c7-4-6(5-8)2-1-3-9/h6H,1-2,4-5H2. The molecule has 0 bridgehead atoms.